The maximum absolute atomic E-state index is 6.18. The van der Waals surface area contributed by atoms with Crippen molar-refractivity contribution in [3.8, 4) is 0 Å². The summed E-state index contributed by atoms with van der Waals surface area (Å²) < 4.78 is 0. The number of nitrogens with zero attached hydrogens (tertiary/aromatic N) is 2. The van der Waals surface area contributed by atoms with E-state index in [-0.39, 0.29) is 0 Å². The molecule has 4 nitrogen and oxygen atoms in total. The number of benzene rings is 1. The molecule has 0 radical (unpaired) electrons. The lowest BCUT2D eigenvalue weighted by atomic mass is 10.1. The minimum Gasteiger partial charge on any atom is -0.370 e. The van der Waals surface area contributed by atoms with Gasteiger partial charge in [-0.25, -0.2) is 9.97 Å². The first kappa shape index (κ1) is 14.6. The summed E-state index contributed by atoms with van der Waals surface area (Å²) in [5.74, 6) is 1.70. The zero-order chi connectivity index (χ0) is 14.4. The Morgan fingerprint density at radius 2 is 1.85 bits per heavy atom. The molecule has 0 atom stereocenters. The van der Waals surface area contributed by atoms with Gasteiger partial charge in [0.2, 0.25) is 0 Å². The Bertz CT molecular complexity index is 572. The van der Waals surface area contributed by atoms with E-state index in [1.165, 1.54) is 0 Å². The molecule has 0 bridgehead atoms. The average Bonchev–Trinajstić information content (AvgIpc) is 2.45. The molecule has 2 aromatic rings. The normalized spacial score (nSPS) is 10.3. The van der Waals surface area contributed by atoms with Gasteiger partial charge in [-0.1, -0.05) is 37.1 Å². The van der Waals surface area contributed by atoms with E-state index in [0.29, 0.717) is 5.02 Å². The van der Waals surface area contributed by atoms with E-state index in [2.05, 4.69) is 34.4 Å². The fourth-order valence-corrected chi connectivity index (χ4v) is 2.20. The Morgan fingerprint density at radius 1 is 1.10 bits per heavy atom. The molecule has 20 heavy (non-hydrogen) atoms. The molecule has 0 unspecified atom stereocenters. The second kappa shape index (κ2) is 7.10. The van der Waals surface area contributed by atoms with E-state index in [0.717, 1.165) is 42.3 Å². The number of hydrogen-bond donors (Lipinski definition) is 2. The molecule has 2 N–H and O–H groups in total. The number of aromatic nitrogens is 2. The minimum atomic E-state index is 0.679. The molecule has 1 aromatic heterocycles. The molecule has 2 rings (SSSR count). The molecule has 1 heterocycles. The van der Waals surface area contributed by atoms with Gasteiger partial charge in [0.25, 0.3) is 0 Å². The lowest BCUT2D eigenvalue weighted by molar-refractivity contribution is 0.902. The van der Waals surface area contributed by atoms with Crippen LogP contribution in [0.15, 0.2) is 30.6 Å². The van der Waals surface area contributed by atoms with E-state index in [9.17, 15) is 0 Å². The number of rotatable bonds is 6. The minimum absolute atomic E-state index is 0.679. The molecule has 0 spiro atoms. The van der Waals surface area contributed by atoms with Crippen molar-refractivity contribution in [3.05, 3.63) is 41.2 Å². The van der Waals surface area contributed by atoms with Gasteiger partial charge < -0.3 is 10.6 Å². The molecule has 0 saturated heterocycles. The van der Waals surface area contributed by atoms with Crippen molar-refractivity contribution in [2.45, 2.75) is 26.7 Å². The van der Waals surface area contributed by atoms with Gasteiger partial charge >= 0.3 is 0 Å². The number of halogens is 1. The van der Waals surface area contributed by atoms with Crippen LogP contribution in [-0.4, -0.2) is 16.5 Å². The topological polar surface area (TPSA) is 49.8 Å². The van der Waals surface area contributed by atoms with Crippen LogP contribution in [0.5, 0.6) is 0 Å². The smallest absolute Gasteiger partial charge is 0.139 e. The third-order valence-corrected chi connectivity index (χ3v) is 3.25. The summed E-state index contributed by atoms with van der Waals surface area (Å²) in [6.45, 7) is 5.03. The van der Waals surface area contributed by atoms with Crippen molar-refractivity contribution in [2.75, 3.05) is 17.2 Å². The zero-order valence-corrected chi connectivity index (χ0v) is 12.5. The third-order valence-electron chi connectivity index (χ3n) is 2.92. The van der Waals surface area contributed by atoms with Gasteiger partial charge in [0.15, 0.2) is 0 Å². The molecule has 0 aliphatic rings. The number of nitrogens with one attached hydrogen (secondary N) is 2. The van der Waals surface area contributed by atoms with Gasteiger partial charge in [0, 0.05) is 12.1 Å². The summed E-state index contributed by atoms with van der Waals surface area (Å²) in [5, 5.41) is 7.26. The Balaban J connectivity index is 2.35. The summed E-state index contributed by atoms with van der Waals surface area (Å²) in [7, 11) is 0. The van der Waals surface area contributed by atoms with Crippen LogP contribution in [0.25, 0.3) is 0 Å². The van der Waals surface area contributed by atoms with Crippen LogP contribution in [0.1, 0.15) is 25.8 Å². The summed E-state index contributed by atoms with van der Waals surface area (Å²) in [4.78, 5) is 8.67. The standard InChI is InChI=1S/C15H19ClN4/c1-3-7-11-14(17-4-2)18-10-19-15(11)20-13-9-6-5-8-12(13)16/h5-6,8-10H,3-4,7H2,1-2H3,(H2,17,18,19,20). The first-order valence-electron chi connectivity index (χ1n) is 6.85. The first-order chi connectivity index (χ1) is 9.76. The molecule has 1 aromatic carbocycles. The molecular weight excluding hydrogens is 272 g/mol. The fraction of sp³-hybridized carbons (Fsp3) is 0.333. The molecule has 0 aliphatic heterocycles. The Kier molecular flexibility index (Phi) is 5.18. The van der Waals surface area contributed by atoms with Crippen LogP contribution in [0.3, 0.4) is 0 Å². The Labute approximate surface area is 124 Å². The SMILES string of the molecule is CCCc1c(NCC)ncnc1Nc1ccccc1Cl. The van der Waals surface area contributed by atoms with E-state index in [4.69, 9.17) is 11.6 Å². The van der Waals surface area contributed by atoms with Crippen LogP contribution >= 0.6 is 11.6 Å². The fourth-order valence-electron chi connectivity index (χ4n) is 2.02. The van der Waals surface area contributed by atoms with Crippen molar-refractivity contribution in [2.24, 2.45) is 0 Å². The Morgan fingerprint density at radius 3 is 2.55 bits per heavy atom. The monoisotopic (exact) mass is 290 g/mol. The van der Waals surface area contributed by atoms with Crippen molar-refractivity contribution in [3.63, 3.8) is 0 Å². The average molecular weight is 291 g/mol. The van der Waals surface area contributed by atoms with Gasteiger partial charge in [-0.2, -0.15) is 0 Å². The van der Waals surface area contributed by atoms with Crippen molar-refractivity contribution in [1.29, 1.82) is 0 Å². The van der Waals surface area contributed by atoms with Crippen molar-refractivity contribution in [1.82, 2.24) is 9.97 Å². The Hall–Kier alpha value is -1.81. The highest BCUT2D eigenvalue weighted by molar-refractivity contribution is 6.33. The highest BCUT2D eigenvalue weighted by atomic mass is 35.5. The maximum atomic E-state index is 6.18. The van der Waals surface area contributed by atoms with E-state index >= 15 is 0 Å². The first-order valence-corrected chi connectivity index (χ1v) is 7.23. The van der Waals surface area contributed by atoms with E-state index in [1.54, 1.807) is 6.33 Å². The number of para-hydroxylation sites is 1. The maximum Gasteiger partial charge on any atom is 0.139 e. The molecule has 0 saturated carbocycles. The zero-order valence-electron chi connectivity index (χ0n) is 11.8. The lowest BCUT2D eigenvalue weighted by Gasteiger charge is -2.15. The molecule has 106 valence electrons. The summed E-state index contributed by atoms with van der Waals surface area (Å²) >= 11 is 6.18. The van der Waals surface area contributed by atoms with Gasteiger partial charge in [-0.3, -0.25) is 0 Å². The van der Waals surface area contributed by atoms with Crippen LogP contribution < -0.4 is 10.6 Å². The number of hydrogen-bond acceptors (Lipinski definition) is 4. The predicted molar refractivity (Wildman–Crippen MR) is 84.9 cm³/mol. The summed E-state index contributed by atoms with van der Waals surface area (Å²) in [6, 6.07) is 7.65. The van der Waals surface area contributed by atoms with Gasteiger partial charge in [-0.15, -0.1) is 0 Å². The molecule has 0 amide bonds. The lowest BCUT2D eigenvalue weighted by Crippen LogP contribution is -2.08. The van der Waals surface area contributed by atoms with Gasteiger partial charge in [0.1, 0.15) is 18.0 Å². The molecule has 5 heteroatoms. The number of anilines is 3. The molecule has 0 aliphatic carbocycles. The van der Waals surface area contributed by atoms with Crippen molar-refractivity contribution < 1.29 is 0 Å². The van der Waals surface area contributed by atoms with Crippen molar-refractivity contribution >= 4 is 28.9 Å². The second-order valence-electron chi connectivity index (χ2n) is 4.43. The van der Waals surface area contributed by atoms with E-state index < -0.39 is 0 Å². The highest BCUT2D eigenvalue weighted by Gasteiger charge is 2.11. The highest BCUT2D eigenvalue weighted by Crippen LogP contribution is 2.28. The van der Waals surface area contributed by atoms with E-state index in [1.807, 2.05) is 24.3 Å². The molecule has 0 fully saturated rings. The van der Waals surface area contributed by atoms with Crippen LogP contribution in [0.2, 0.25) is 5.02 Å². The quantitative estimate of drug-likeness (QED) is 0.835. The van der Waals surface area contributed by atoms with Crippen LogP contribution in [-0.2, 0) is 6.42 Å². The second-order valence-corrected chi connectivity index (χ2v) is 4.84. The van der Waals surface area contributed by atoms with Gasteiger partial charge in [0.05, 0.1) is 10.7 Å². The summed E-state index contributed by atoms with van der Waals surface area (Å²) in [5.41, 5.74) is 1.95. The summed E-state index contributed by atoms with van der Waals surface area (Å²) in [6.07, 6.45) is 3.51. The largest absolute Gasteiger partial charge is 0.370 e. The predicted octanol–water partition coefficient (Wildman–Crippen LogP) is 4.26. The van der Waals surface area contributed by atoms with Crippen LogP contribution in [0, 0.1) is 0 Å². The third kappa shape index (κ3) is 3.39. The van der Waals surface area contributed by atoms with Crippen LogP contribution in [0.4, 0.5) is 17.3 Å². The van der Waals surface area contributed by atoms with Gasteiger partial charge in [-0.05, 0) is 25.5 Å². The molecular formula is C15H19ClN4.